The normalized spacial score (nSPS) is 23.5. The molecule has 3 fully saturated rings. The van der Waals surface area contributed by atoms with E-state index in [9.17, 15) is 13.9 Å². The first-order valence-electron chi connectivity index (χ1n) is 18.8. The molecule has 0 saturated carbocycles. The van der Waals surface area contributed by atoms with E-state index in [0.29, 0.717) is 25.5 Å². The maximum Gasteiger partial charge on any atom is 0.140 e. The number of likely N-dealkylation sites (tertiary alicyclic amines) is 1. The monoisotopic (exact) mass is 746 g/mol. The van der Waals surface area contributed by atoms with Gasteiger partial charge in [0.1, 0.15) is 46.5 Å². The maximum atomic E-state index is 13.0. The van der Waals surface area contributed by atoms with Gasteiger partial charge in [-0.15, -0.1) is 0 Å². The van der Waals surface area contributed by atoms with E-state index in [0.717, 1.165) is 95.7 Å². The van der Waals surface area contributed by atoms with Gasteiger partial charge in [-0.05, 0) is 110 Å². The number of rotatable bonds is 6. The molecular formula is C43H52F2N2O7. The number of piperidine rings is 2. The second-order valence-electron chi connectivity index (χ2n) is 14.2. The summed E-state index contributed by atoms with van der Waals surface area (Å²) >= 11 is 0. The number of nitrogens with one attached hydrogen (secondary N) is 1. The molecule has 3 N–H and O–H groups in total. The van der Waals surface area contributed by atoms with Crippen LogP contribution in [0.4, 0.5) is 8.78 Å². The molecule has 0 radical (unpaired) electrons. The van der Waals surface area contributed by atoms with Crippen LogP contribution in [0.3, 0.4) is 0 Å². The third-order valence-corrected chi connectivity index (χ3v) is 10.2. The van der Waals surface area contributed by atoms with Gasteiger partial charge in [0, 0.05) is 26.7 Å². The first-order valence-corrected chi connectivity index (χ1v) is 18.8. The van der Waals surface area contributed by atoms with Gasteiger partial charge in [-0.25, -0.2) is 8.78 Å². The van der Waals surface area contributed by atoms with Crippen LogP contribution in [0.2, 0.25) is 0 Å². The van der Waals surface area contributed by atoms with Crippen LogP contribution >= 0.6 is 0 Å². The van der Waals surface area contributed by atoms with Crippen LogP contribution in [0.5, 0.6) is 11.5 Å². The molecule has 4 aromatic carbocycles. The Morgan fingerprint density at radius 1 is 0.667 bits per heavy atom. The van der Waals surface area contributed by atoms with Gasteiger partial charge in [0.25, 0.3) is 0 Å². The second kappa shape index (κ2) is 19.1. The molecule has 0 aliphatic carbocycles. The van der Waals surface area contributed by atoms with Gasteiger partial charge in [-0.3, -0.25) is 4.90 Å². The zero-order chi connectivity index (χ0) is 37.8. The maximum absolute atomic E-state index is 13.0. The lowest BCUT2D eigenvalue weighted by atomic mass is 9.87. The molecule has 0 bridgehead atoms. The van der Waals surface area contributed by atoms with Crippen molar-refractivity contribution in [2.45, 2.75) is 62.3 Å². The number of hydrogen-bond donors (Lipinski definition) is 3. The Morgan fingerprint density at radius 3 is 1.70 bits per heavy atom. The summed E-state index contributed by atoms with van der Waals surface area (Å²) in [6.45, 7) is 7.47. The first kappa shape index (κ1) is 39.7. The lowest BCUT2D eigenvalue weighted by Crippen LogP contribution is -2.49. The van der Waals surface area contributed by atoms with Gasteiger partial charge < -0.3 is 39.2 Å². The van der Waals surface area contributed by atoms with E-state index >= 15 is 0 Å². The van der Waals surface area contributed by atoms with Gasteiger partial charge >= 0.3 is 0 Å². The van der Waals surface area contributed by atoms with Gasteiger partial charge in [0.2, 0.25) is 0 Å². The van der Waals surface area contributed by atoms with Crippen molar-refractivity contribution >= 4 is 0 Å². The van der Waals surface area contributed by atoms with Crippen molar-refractivity contribution in [3.63, 3.8) is 0 Å². The van der Waals surface area contributed by atoms with E-state index in [1.54, 1.807) is 24.3 Å². The smallest absolute Gasteiger partial charge is 0.140 e. The van der Waals surface area contributed by atoms with Crippen LogP contribution in [0.15, 0.2) is 97.1 Å². The van der Waals surface area contributed by atoms with Gasteiger partial charge in [0.05, 0.1) is 33.0 Å². The van der Waals surface area contributed by atoms with Crippen molar-refractivity contribution < 1.29 is 42.7 Å². The van der Waals surface area contributed by atoms with Crippen LogP contribution < -0.4 is 14.8 Å². The number of β-amino-alcohol motifs (C(OH)–C–C–N with tert-alkyl or cyclic N) is 1. The van der Waals surface area contributed by atoms with E-state index in [1.165, 1.54) is 35.4 Å². The molecule has 2 unspecified atom stereocenters. The number of halogens is 2. The summed E-state index contributed by atoms with van der Waals surface area (Å²) in [7, 11) is 1.00. The number of epoxide rings is 1. The molecule has 5 aliphatic heterocycles. The Bertz CT molecular complexity index is 1730. The van der Waals surface area contributed by atoms with E-state index in [1.807, 2.05) is 30.3 Å². The first-order chi connectivity index (χ1) is 26.4. The number of fused-ring (bicyclic) bond motifs is 3. The predicted octanol–water partition coefficient (Wildman–Crippen LogP) is 6.09. The Hall–Kier alpha value is -3.94. The van der Waals surface area contributed by atoms with Crippen molar-refractivity contribution in [2.24, 2.45) is 0 Å². The summed E-state index contributed by atoms with van der Waals surface area (Å²) in [5.41, 5.74) is 3.64. The molecule has 3 saturated heterocycles. The van der Waals surface area contributed by atoms with Crippen LogP contribution in [-0.2, 0) is 38.6 Å². The summed E-state index contributed by atoms with van der Waals surface area (Å²) in [5.74, 6) is 0.995. The highest BCUT2D eigenvalue weighted by molar-refractivity contribution is 5.37. The fourth-order valence-corrected chi connectivity index (χ4v) is 7.34. The molecule has 9 nitrogen and oxygen atoms in total. The standard InChI is InChI=1S/C21H24FNO3.C11H14FNO.C10H10O2.CH4O/c22-17-5-7-18(8-6-17)26-19-9-11-23(12-10-19)14-21(24)15-25-13-16-3-1-2-4-20(16)21;12-9-1-3-10(4-2-9)14-11-5-7-13-8-6-11;1-2-4-9-8(3-1)5-11-6-10(9)7-12-10;1-2/h1-8,19,24H,9-15H2;1-4,11,13H,5-8H2;1-4H,5-7H2;2H,1H3. The van der Waals surface area contributed by atoms with Crippen molar-refractivity contribution in [2.75, 3.05) is 59.7 Å². The lowest BCUT2D eigenvalue weighted by molar-refractivity contribution is -0.0940. The molecule has 54 heavy (non-hydrogen) atoms. The number of nitrogens with zero attached hydrogens (tertiary/aromatic N) is 1. The zero-order valence-electron chi connectivity index (χ0n) is 30.9. The van der Waals surface area contributed by atoms with Crippen LogP contribution in [0.25, 0.3) is 0 Å². The Kier molecular flexibility index (Phi) is 14.0. The van der Waals surface area contributed by atoms with Gasteiger partial charge in [-0.1, -0.05) is 48.5 Å². The minimum atomic E-state index is -0.959. The number of benzene rings is 4. The number of aliphatic hydroxyl groups is 2. The van der Waals surface area contributed by atoms with Crippen molar-refractivity contribution in [3.05, 3.63) is 131 Å². The molecule has 2 atom stereocenters. The second-order valence-corrected chi connectivity index (χ2v) is 14.2. The molecule has 290 valence electrons. The van der Waals surface area contributed by atoms with Crippen LogP contribution in [0.1, 0.15) is 47.9 Å². The summed E-state index contributed by atoms with van der Waals surface area (Å²) in [5, 5.41) is 21.4. The lowest BCUT2D eigenvalue weighted by Gasteiger charge is -2.40. The van der Waals surface area contributed by atoms with Gasteiger partial charge in [-0.2, -0.15) is 0 Å². The predicted molar refractivity (Wildman–Crippen MR) is 201 cm³/mol. The number of aliphatic hydroxyl groups excluding tert-OH is 1. The fourth-order valence-electron chi connectivity index (χ4n) is 7.34. The van der Waals surface area contributed by atoms with E-state index in [4.69, 9.17) is 28.8 Å². The Labute approximate surface area is 316 Å². The Morgan fingerprint density at radius 2 is 1.15 bits per heavy atom. The highest BCUT2D eigenvalue weighted by Gasteiger charge is 2.49. The van der Waals surface area contributed by atoms with Gasteiger partial charge in [0.15, 0.2) is 0 Å². The molecule has 0 amide bonds. The molecular weight excluding hydrogens is 694 g/mol. The minimum Gasteiger partial charge on any atom is -0.490 e. The average Bonchev–Trinajstić information content (AvgIpc) is 3.99. The van der Waals surface area contributed by atoms with Crippen molar-refractivity contribution in [1.82, 2.24) is 10.2 Å². The Balaban J connectivity index is 0.000000149. The number of ether oxygens (including phenoxy) is 5. The minimum absolute atomic E-state index is 0.0607. The zero-order valence-corrected chi connectivity index (χ0v) is 30.9. The largest absolute Gasteiger partial charge is 0.490 e. The molecule has 4 aromatic rings. The third-order valence-electron chi connectivity index (χ3n) is 10.2. The highest BCUT2D eigenvalue weighted by Crippen LogP contribution is 2.43. The quantitative estimate of drug-likeness (QED) is 0.202. The molecule has 1 spiro atoms. The summed E-state index contributed by atoms with van der Waals surface area (Å²) in [6, 6.07) is 28.7. The topological polar surface area (TPSA) is 105 Å². The summed E-state index contributed by atoms with van der Waals surface area (Å²) < 4.78 is 53.8. The molecule has 11 heteroatoms. The molecule has 0 aromatic heterocycles. The van der Waals surface area contributed by atoms with Crippen molar-refractivity contribution in [1.29, 1.82) is 0 Å². The van der Waals surface area contributed by atoms with Crippen LogP contribution in [-0.4, -0.2) is 87.0 Å². The summed E-state index contributed by atoms with van der Waals surface area (Å²) in [6.07, 6.45) is 4.23. The summed E-state index contributed by atoms with van der Waals surface area (Å²) in [4.78, 5) is 2.27. The molecule has 5 heterocycles. The van der Waals surface area contributed by atoms with E-state index < -0.39 is 5.60 Å². The average molecular weight is 747 g/mol. The molecule has 5 aliphatic rings. The van der Waals surface area contributed by atoms with Crippen molar-refractivity contribution in [3.8, 4) is 11.5 Å². The SMILES string of the molecule is CO.Fc1ccc(OC2CCNCC2)cc1.OC1(CN2CCC(Oc3ccc(F)cc3)CC2)COCc2ccccc21.c1ccc2c(c1)COCC21CO1. The van der Waals surface area contributed by atoms with E-state index in [2.05, 4.69) is 28.4 Å². The third kappa shape index (κ3) is 10.6. The number of hydrogen-bond acceptors (Lipinski definition) is 9. The fraction of sp³-hybridized carbons (Fsp3) is 0.442. The molecule has 9 rings (SSSR count). The van der Waals surface area contributed by atoms with E-state index in [-0.39, 0.29) is 29.4 Å². The van der Waals surface area contributed by atoms with Crippen LogP contribution in [0, 0.1) is 11.6 Å². The highest BCUT2D eigenvalue weighted by atomic mass is 19.1.